The van der Waals surface area contributed by atoms with Gasteiger partial charge in [-0.1, -0.05) is 6.07 Å². The first-order valence-electron chi connectivity index (χ1n) is 7.14. The average Bonchev–Trinajstić information content (AvgIpc) is 3.00. The fraction of sp³-hybridized carbons (Fsp3) is 0.429. The number of hydrogen-bond acceptors (Lipinski definition) is 4. The summed E-state index contributed by atoms with van der Waals surface area (Å²) in [5, 5.41) is 4.06. The maximum Gasteiger partial charge on any atom is 0.243 e. The number of halogens is 1. The van der Waals surface area contributed by atoms with Crippen molar-refractivity contribution in [3.8, 4) is 0 Å². The molecule has 118 valence electrons. The van der Waals surface area contributed by atoms with Gasteiger partial charge < -0.3 is 0 Å². The van der Waals surface area contributed by atoms with Crippen LogP contribution in [0.25, 0.3) is 0 Å². The second-order valence-corrected chi connectivity index (χ2v) is 7.38. The summed E-state index contributed by atoms with van der Waals surface area (Å²) < 4.78 is 41.7. The minimum Gasteiger partial charge on any atom is -0.253 e. The molecule has 0 aliphatic carbocycles. The number of sulfonamides is 1. The summed E-state index contributed by atoms with van der Waals surface area (Å²) in [6.45, 7) is 1.51. The Kier molecular flexibility index (Phi) is 4.21. The number of piperidine rings is 1. The molecular weight excluding hydrogens is 307 g/mol. The summed E-state index contributed by atoms with van der Waals surface area (Å²) in [5.41, 5.74) is 0. The molecule has 0 radical (unpaired) electrons. The molecule has 0 N–H and O–H groups in total. The molecule has 0 saturated carbocycles. The quantitative estimate of drug-likeness (QED) is 0.855. The Morgan fingerprint density at radius 2 is 2.23 bits per heavy atom. The molecule has 8 heteroatoms. The Balaban J connectivity index is 1.76. The zero-order chi connectivity index (χ0) is 15.6. The van der Waals surface area contributed by atoms with Gasteiger partial charge in [0.05, 0.1) is 4.90 Å². The predicted molar refractivity (Wildman–Crippen MR) is 77.9 cm³/mol. The largest absolute Gasteiger partial charge is 0.253 e. The predicted octanol–water partition coefficient (Wildman–Crippen LogP) is 1.52. The first kappa shape index (κ1) is 15.1. The van der Waals surface area contributed by atoms with Gasteiger partial charge in [-0.05, 0) is 37.0 Å². The minimum absolute atomic E-state index is 0.00825. The highest BCUT2D eigenvalue weighted by Crippen LogP contribution is 2.24. The summed E-state index contributed by atoms with van der Waals surface area (Å²) >= 11 is 0. The molecule has 2 heterocycles. The van der Waals surface area contributed by atoms with Gasteiger partial charge in [-0.25, -0.2) is 17.8 Å². The number of hydrogen-bond donors (Lipinski definition) is 0. The molecule has 1 aromatic carbocycles. The standard InChI is InChI=1S/C14H17FN4O2S/c15-13-4-1-5-14(7-13)22(20,21)19-6-2-3-12(9-19)8-18-11-16-10-17-18/h1,4-5,7,10-12H,2-3,6,8-9H2/t12-/m0/s1. The Labute approximate surface area is 128 Å². The fourth-order valence-corrected chi connectivity index (χ4v) is 4.35. The maximum atomic E-state index is 13.3. The van der Waals surface area contributed by atoms with Crippen LogP contribution in [0, 0.1) is 11.7 Å². The van der Waals surface area contributed by atoms with Crippen molar-refractivity contribution in [2.45, 2.75) is 24.3 Å². The van der Waals surface area contributed by atoms with Crippen LogP contribution in [-0.2, 0) is 16.6 Å². The molecule has 0 spiro atoms. The molecule has 0 bridgehead atoms. The first-order chi connectivity index (χ1) is 10.6. The molecule has 6 nitrogen and oxygen atoms in total. The molecule has 1 saturated heterocycles. The van der Waals surface area contributed by atoms with Crippen LogP contribution in [0.15, 0.2) is 41.8 Å². The van der Waals surface area contributed by atoms with E-state index in [2.05, 4.69) is 10.1 Å². The molecule has 22 heavy (non-hydrogen) atoms. The third-order valence-electron chi connectivity index (χ3n) is 3.83. The van der Waals surface area contributed by atoms with Crippen LogP contribution in [0.5, 0.6) is 0 Å². The highest BCUT2D eigenvalue weighted by atomic mass is 32.2. The van der Waals surface area contributed by atoms with E-state index in [4.69, 9.17) is 0 Å². The van der Waals surface area contributed by atoms with Crippen molar-refractivity contribution in [1.82, 2.24) is 19.1 Å². The van der Waals surface area contributed by atoms with E-state index in [1.54, 1.807) is 11.0 Å². The van der Waals surface area contributed by atoms with E-state index in [9.17, 15) is 12.8 Å². The summed E-state index contributed by atoms with van der Waals surface area (Å²) in [6.07, 6.45) is 4.81. The van der Waals surface area contributed by atoms with Gasteiger partial charge in [0.25, 0.3) is 0 Å². The second kappa shape index (κ2) is 6.13. The van der Waals surface area contributed by atoms with Crippen LogP contribution >= 0.6 is 0 Å². The van der Waals surface area contributed by atoms with E-state index in [0.717, 1.165) is 18.9 Å². The Bertz CT molecular complexity index is 733. The van der Waals surface area contributed by atoms with Gasteiger partial charge in [0.2, 0.25) is 10.0 Å². The van der Waals surface area contributed by atoms with E-state index < -0.39 is 15.8 Å². The summed E-state index contributed by atoms with van der Waals surface area (Å²) in [5.74, 6) is -0.365. The van der Waals surface area contributed by atoms with Crippen molar-refractivity contribution in [3.63, 3.8) is 0 Å². The van der Waals surface area contributed by atoms with Gasteiger partial charge in [-0.15, -0.1) is 0 Å². The monoisotopic (exact) mass is 324 g/mol. The lowest BCUT2D eigenvalue weighted by molar-refractivity contribution is 0.239. The Hall–Kier alpha value is -1.80. The number of nitrogens with zero attached hydrogens (tertiary/aromatic N) is 4. The molecule has 1 aromatic heterocycles. The zero-order valence-electron chi connectivity index (χ0n) is 12.0. The SMILES string of the molecule is O=S(=O)(c1cccc(F)c1)N1CCC[C@@H](Cn2cncn2)C1. The van der Waals surface area contributed by atoms with Crippen molar-refractivity contribution in [2.24, 2.45) is 5.92 Å². The maximum absolute atomic E-state index is 13.3. The van der Waals surface area contributed by atoms with Crippen LogP contribution in [0.4, 0.5) is 4.39 Å². The van der Waals surface area contributed by atoms with Gasteiger partial charge in [-0.3, -0.25) is 4.68 Å². The van der Waals surface area contributed by atoms with Crippen molar-refractivity contribution in [1.29, 1.82) is 0 Å². The summed E-state index contributed by atoms with van der Waals surface area (Å²) in [6, 6.07) is 5.15. The normalized spacial score (nSPS) is 20.1. The van der Waals surface area contributed by atoms with Crippen LogP contribution in [0.2, 0.25) is 0 Å². The van der Waals surface area contributed by atoms with Crippen LogP contribution in [0.1, 0.15) is 12.8 Å². The third kappa shape index (κ3) is 3.17. The number of rotatable bonds is 4. The number of benzene rings is 1. The van der Waals surface area contributed by atoms with Crippen LogP contribution < -0.4 is 0 Å². The third-order valence-corrected chi connectivity index (χ3v) is 5.69. The Morgan fingerprint density at radius 3 is 2.95 bits per heavy atom. The zero-order valence-corrected chi connectivity index (χ0v) is 12.8. The van der Waals surface area contributed by atoms with Crippen LogP contribution in [0.3, 0.4) is 0 Å². The van der Waals surface area contributed by atoms with E-state index in [0.29, 0.717) is 19.6 Å². The van der Waals surface area contributed by atoms with Gasteiger partial charge in [0.15, 0.2) is 0 Å². The van der Waals surface area contributed by atoms with Crippen molar-refractivity contribution in [3.05, 3.63) is 42.7 Å². The minimum atomic E-state index is -3.65. The number of aromatic nitrogens is 3. The Morgan fingerprint density at radius 1 is 1.36 bits per heavy atom. The fourth-order valence-electron chi connectivity index (χ4n) is 2.76. The van der Waals surface area contributed by atoms with Gasteiger partial charge in [0, 0.05) is 19.6 Å². The van der Waals surface area contributed by atoms with Gasteiger partial charge in [-0.2, -0.15) is 9.40 Å². The van der Waals surface area contributed by atoms with Crippen molar-refractivity contribution < 1.29 is 12.8 Å². The second-order valence-electron chi connectivity index (χ2n) is 5.45. The van der Waals surface area contributed by atoms with E-state index in [1.165, 1.54) is 28.8 Å². The highest BCUT2D eigenvalue weighted by Gasteiger charge is 2.30. The molecule has 1 atom stereocenters. The van der Waals surface area contributed by atoms with E-state index in [-0.39, 0.29) is 10.8 Å². The average molecular weight is 324 g/mol. The first-order valence-corrected chi connectivity index (χ1v) is 8.58. The highest BCUT2D eigenvalue weighted by molar-refractivity contribution is 7.89. The van der Waals surface area contributed by atoms with E-state index in [1.807, 2.05) is 0 Å². The van der Waals surface area contributed by atoms with Crippen molar-refractivity contribution in [2.75, 3.05) is 13.1 Å². The lowest BCUT2D eigenvalue weighted by Gasteiger charge is -2.31. The van der Waals surface area contributed by atoms with Crippen molar-refractivity contribution >= 4 is 10.0 Å². The van der Waals surface area contributed by atoms with Gasteiger partial charge >= 0.3 is 0 Å². The molecule has 2 aromatic rings. The van der Waals surface area contributed by atoms with E-state index >= 15 is 0 Å². The van der Waals surface area contributed by atoms with Gasteiger partial charge in [0.1, 0.15) is 18.5 Å². The molecule has 1 aliphatic heterocycles. The molecule has 3 rings (SSSR count). The smallest absolute Gasteiger partial charge is 0.243 e. The molecule has 0 amide bonds. The lowest BCUT2D eigenvalue weighted by atomic mass is 10.00. The molecule has 1 aliphatic rings. The molecule has 1 fully saturated rings. The lowest BCUT2D eigenvalue weighted by Crippen LogP contribution is -2.41. The van der Waals surface area contributed by atoms with Crippen LogP contribution in [-0.4, -0.2) is 40.6 Å². The molecule has 0 unspecified atom stereocenters. The topological polar surface area (TPSA) is 68.1 Å². The summed E-state index contributed by atoms with van der Waals surface area (Å²) in [4.78, 5) is 3.90. The summed E-state index contributed by atoms with van der Waals surface area (Å²) in [7, 11) is -3.65. The molecular formula is C14H17FN4O2S.